The molecule has 6 nitrogen and oxygen atoms in total. The molecule has 1 aliphatic heterocycles. The first-order valence-electron chi connectivity index (χ1n) is 7.65. The molecule has 7 heteroatoms. The summed E-state index contributed by atoms with van der Waals surface area (Å²) in [6, 6.07) is 15.6. The van der Waals surface area contributed by atoms with Crippen LogP contribution in [0.2, 0.25) is 0 Å². The van der Waals surface area contributed by atoms with Gasteiger partial charge in [0.2, 0.25) is 0 Å². The van der Waals surface area contributed by atoms with Gasteiger partial charge in [0, 0.05) is 0 Å². The number of fused-ring (bicyclic) bond motifs is 1. The Hall–Kier alpha value is -2.64. The highest BCUT2D eigenvalue weighted by Gasteiger charge is 2.35. The quantitative estimate of drug-likeness (QED) is 0.848. The van der Waals surface area contributed by atoms with Gasteiger partial charge in [-0.25, -0.2) is 4.79 Å². The van der Waals surface area contributed by atoms with E-state index in [-0.39, 0.29) is 19.8 Å². The minimum atomic E-state index is -4.37. The van der Waals surface area contributed by atoms with Crippen LogP contribution in [0.4, 0.5) is 10.5 Å². The third-order valence-corrected chi connectivity index (χ3v) is 5.26. The van der Waals surface area contributed by atoms with E-state index in [1.807, 2.05) is 6.07 Å². The summed E-state index contributed by atoms with van der Waals surface area (Å²) in [5.41, 5.74) is 2.20. The van der Waals surface area contributed by atoms with Crippen molar-refractivity contribution in [1.82, 2.24) is 0 Å². The van der Waals surface area contributed by atoms with E-state index in [4.69, 9.17) is 4.74 Å². The van der Waals surface area contributed by atoms with E-state index in [0.29, 0.717) is 22.4 Å². The number of carbonyl (C=O) groups is 1. The average molecular weight is 359 g/mol. The van der Waals surface area contributed by atoms with Gasteiger partial charge in [-0.3, -0.25) is 4.31 Å². The zero-order chi connectivity index (χ0) is 17.9. The molecule has 1 heterocycles. The van der Waals surface area contributed by atoms with Crippen molar-refractivity contribution < 1.29 is 23.1 Å². The molecule has 0 amide bonds. The molecule has 2 aromatic carbocycles. The number of nitrogens with zero attached hydrogens (tertiary/aromatic N) is 1. The van der Waals surface area contributed by atoms with E-state index < -0.39 is 15.3 Å². The Bertz CT molecular complexity index is 906. The molecule has 1 N–H and O–H groups in total. The standard InChI is InChI=1S/C18H17NO5S/c20-12-15-10-16-8-4-5-9-17(16)19(11-15)25(22,23)18(21)24-13-14-6-2-1-3-7-14/h1-10,20H,11-13H2. The summed E-state index contributed by atoms with van der Waals surface area (Å²) in [5, 5.41) is 8.07. The van der Waals surface area contributed by atoms with Gasteiger partial charge < -0.3 is 9.84 Å². The summed E-state index contributed by atoms with van der Waals surface area (Å²) >= 11 is 0. The van der Waals surface area contributed by atoms with Gasteiger partial charge in [0.1, 0.15) is 6.61 Å². The number of carbonyl (C=O) groups excluding carboxylic acids is 1. The Labute approximate surface area is 146 Å². The number of aliphatic hydroxyl groups is 1. The highest BCUT2D eigenvalue weighted by atomic mass is 32.2. The maximum absolute atomic E-state index is 12.7. The third-order valence-electron chi connectivity index (χ3n) is 3.82. The van der Waals surface area contributed by atoms with Crippen LogP contribution in [-0.4, -0.2) is 32.0 Å². The molecule has 0 aliphatic carbocycles. The molecule has 0 saturated carbocycles. The van der Waals surface area contributed by atoms with Crippen molar-refractivity contribution >= 4 is 27.1 Å². The lowest BCUT2D eigenvalue weighted by molar-refractivity contribution is 0.165. The highest BCUT2D eigenvalue weighted by molar-refractivity contribution is 8.06. The number of ether oxygens (including phenoxy) is 1. The van der Waals surface area contributed by atoms with Crippen LogP contribution in [0.3, 0.4) is 0 Å². The lowest BCUT2D eigenvalue weighted by Crippen LogP contribution is -2.40. The van der Waals surface area contributed by atoms with Crippen molar-refractivity contribution in [2.45, 2.75) is 6.61 Å². The number of rotatable bonds is 4. The fourth-order valence-corrected chi connectivity index (χ4v) is 3.71. The summed E-state index contributed by atoms with van der Waals surface area (Å²) in [4.78, 5) is 12.2. The predicted molar refractivity (Wildman–Crippen MR) is 94.4 cm³/mol. The second-order valence-corrected chi connectivity index (χ2v) is 7.28. The second-order valence-electron chi connectivity index (χ2n) is 5.56. The Morgan fingerprint density at radius 1 is 1.08 bits per heavy atom. The maximum atomic E-state index is 12.7. The Balaban J connectivity index is 1.84. The maximum Gasteiger partial charge on any atom is 0.445 e. The molecule has 0 aromatic heterocycles. The van der Waals surface area contributed by atoms with Crippen molar-refractivity contribution in [2.75, 3.05) is 17.5 Å². The van der Waals surface area contributed by atoms with Crippen LogP contribution in [0.5, 0.6) is 0 Å². The topological polar surface area (TPSA) is 83.9 Å². The number of hydrogen-bond donors (Lipinski definition) is 1. The monoisotopic (exact) mass is 359 g/mol. The Morgan fingerprint density at radius 3 is 2.48 bits per heavy atom. The molecule has 0 radical (unpaired) electrons. The fraction of sp³-hybridized carbons (Fsp3) is 0.167. The fourth-order valence-electron chi connectivity index (χ4n) is 2.56. The summed E-state index contributed by atoms with van der Waals surface area (Å²) < 4.78 is 31.3. The number of aliphatic hydroxyl groups excluding tert-OH is 1. The normalized spacial score (nSPS) is 13.8. The SMILES string of the molecule is O=C(OCc1ccccc1)S(=O)(=O)N1CC(CO)=Cc2ccccc21. The molecule has 0 unspecified atom stereocenters. The van der Waals surface area contributed by atoms with Crippen molar-refractivity contribution in [3.63, 3.8) is 0 Å². The van der Waals surface area contributed by atoms with Crippen LogP contribution in [0, 0.1) is 0 Å². The summed E-state index contributed by atoms with van der Waals surface area (Å²) in [5.74, 6) is 0. The smallest absolute Gasteiger partial charge is 0.445 e. The molecule has 1 aliphatic rings. The van der Waals surface area contributed by atoms with Crippen LogP contribution in [0.15, 0.2) is 60.2 Å². The molecule has 2 aromatic rings. The number of hydrogen-bond acceptors (Lipinski definition) is 5. The van der Waals surface area contributed by atoms with Crippen LogP contribution in [-0.2, 0) is 21.4 Å². The van der Waals surface area contributed by atoms with Crippen LogP contribution >= 0.6 is 0 Å². The van der Waals surface area contributed by atoms with Crippen molar-refractivity contribution in [3.05, 3.63) is 71.3 Å². The first-order valence-corrected chi connectivity index (χ1v) is 9.09. The van der Waals surface area contributed by atoms with E-state index in [9.17, 15) is 18.3 Å². The van der Waals surface area contributed by atoms with Gasteiger partial charge in [-0.15, -0.1) is 0 Å². The molecule has 0 atom stereocenters. The number of benzene rings is 2. The van der Waals surface area contributed by atoms with Gasteiger partial charge in [-0.2, -0.15) is 8.42 Å². The molecule has 0 bridgehead atoms. The molecule has 0 fully saturated rings. The van der Waals surface area contributed by atoms with E-state index >= 15 is 0 Å². The van der Waals surface area contributed by atoms with Gasteiger partial charge in [-0.05, 0) is 28.8 Å². The molecule has 0 spiro atoms. The zero-order valence-electron chi connectivity index (χ0n) is 13.3. The number of sulfonamides is 1. The van der Waals surface area contributed by atoms with E-state index in [2.05, 4.69) is 0 Å². The Kier molecular flexibility index (Phi) is 4.87. The molecule has 25 heavy (non-hydrogen) atoms. The number of para-hydroxylation sites is 1. The minimum absolute atomic E-state index is 0.0870. The zero-order valence-corrected chi connectivity index (χ0v) is 14.1. The summed E-state index contributed by atoms with van der Waals surface area (Å²) in [6.07, 6.45) is 1.72. The van der Waals surface area contributed by atoms with E-state index in [0.717, 1.165) is 4.31 Å². The van der Waals surface area contributed by atoms with Gasteiger partial charge in [-0.1, -0.05) is 48.5 Å². The minimum Gasteiger partial charge on any atom is -0.448 e. The van der Waals surface area contributed by atoms with Gasteiger partial charge >= 0.3 is 15.3 Å². The highest BCUT2D eigenvalue weighted by Crippen LogP contribution is 2.31. The number of anilines is 1. The average Bonchev–Trinajstić information content (AvgIpc) is 2.65. The van der Waals surface area contributed by atoms with E-state index in [1.165, 1.54) is 0 Å². The van der Waals surface area contributed by atoms with Crippen molar-refractivity contribution in [2.24, 2.45) is 0 Å². The molecular formula is C18H17NO5S. The summed E-state index contributed by atoms with van der Waals surface area (Å²) in [7, 11) is -4.37. The molecule has 0 saturated heterocycles. The Morgan fingerprint density at radius 2 is 1.76 bits per heavy atom. The lowest BCUT2D eigenvalue weighted by atomic mass is 10.1. The second kappa shape index (κ2) is 7.08. The van der Waals surface area contributed by atoms with Crippen molar-refractivity contribution in [3.8, 4) is 0 Å². The summed E-state index contributed by atoms with van der Waals surface area (Å²) in [6.45, 7) is -0.507. The van der Waals surface area contributed by atoms with Gasteiger partial charge in [0.15, 0.2) is 0 Å². The molecule has 130 valence electrons. The van der Waals surface area contributed by atoms with Gasteiger partial charge in [0.25, 0.3) is 0 Å². The van der Waals surface area contributed by atoms with Crippen LogP contribution in [0.1, 0.15) is 11.1 Å². The first kappa shape index (κ1) is 17.2. The largest absolute Gasteiger partial charge is 0.448 e. The lowest BCUT2D eigenvalue weighted by Gasteiger charge is -2.28. The predicted octanol–water partition coefficient (Wildman–Crippen LogP) is 2.55. The van der Waals surface area contributed by atoms with Crippen LogP contribution < -0.4 is 4.31 Å². The first-order chi connectivity index (χ1) is 12.0. The van der Waals surface area contributed by atoms with E-state index in [1.54, 1.807) is 54.6 Å². The van der Waals surface area contributed by atoms with Crippen LogP contribution in [0.25, 0.3) is 6.08 Å². The third kappa shape index (κ3) is 3.57. The van der Waals surface area contributed by atoms with Crippen molar-refractivity contribution in [1.29, 1.82) is 0 Å². The molecular weight excluding hydrogens is 342 g/mol. The molecule has 3 rings (SSSR count). The van der Waals surface area contributed by atoms with Gasteiger partial charge in [0.05, 0.1) is 18.8 Å².